The molecule has 2 N–H and O–H groups in total. The normalized spacial score (nSPS) is 27.1. The van der Waals surface area contributed by atoms with Crippen molar-refractivity contribution in [3.05, 3.63) is 83.9 Å². The highest BCUT2D eigenvalue weighted by Crippen LogP contribution is 2.60. The van der Waals surface area contributed by atoms with Crippen molar-refractivity contribution in [2.45, 2.75) is 50.9 Å². The molecule has 5 aliphatic rings. The monoisotopic (exact) mass is 492 g/mol. The maximum atomic E-state index is 13.4. The summed E-state index contributed by atoms with van der Waals surface area (Å²) in [6, 6.07) is 23.4. The fourth-order valence-electron chi connectivity index (χ4n) is 7.92. The van der Waals surface area contributed by atoms with Crippen molar-refractivity contribution >= 4 is 23.2 Å². The van der Waals surface area contributed by atoms with E-state index in [1.807, 2.05) is 72.8 Å². The zero-order chi connectivity index (χ0) is 25.0. The molecular formula is C32H32N2O3. The van der Waals surface area contributed by atoms with E-state index < -0.39 is 0 Å². The Morgan fingerprint density at radius 1 is 0.703 bits per heavy atom. The van der Waals surface area contributed by atoms with Gasteiger partial charge in [-0.15, -0.1) is 0 Å². The molecule has 188 valence electrons. The number of benzene rings is 3. The van der Waals surface area contributed by atoms with Gasteiger partial charge in [0.2, 0.25) is 11.8 Å². The summed E-state index contributed by atoms with van der Waals surface area (Å²) in [6.07, 6.45) is 7.46. The molecule has 0 saturated heterocycles. The summed E-state index contributed by atoms with van der Waals surface area (Å²) in [5, 5.41) is 6.25. The number of fused-ring (bicyclic) bond motifs is 2. The molecule has 1 aliphatic heterocycles. The number of carbonyl (C=O) groups is 2. The number of anilines is 2. The summed E-state index contributed by atoms with van der Waals surface area (Å²) in [5.74, 6) is 3.90. The number of carbonyl (C=O) groups excluding carboxylic acids is 2. The molecule has 1 heterocycles. The smallest absolute Gasteiger partial charge is 0.230 e. The number of ether oxygens (including phenoxy) is 1. The van der Waals surface area contributed by atoms with Crippen molar-refractivity contribution in [1.29, 1.82) is 0 Å². The lowest BCUT2D eigenvalue weighted by atomic mass is 9.49. The minimum atomic E-state index is -0.169. The van der Waals surface area contributed by atoms with Gasteiger partial charge in [-0.1, -0.05) is 36.4 Å². The fourth-order valence-corrected chi connectivity index (χ4v) is 7.92. The highest BCUT2D eigenvalue weighted by molar-refractivity contribution is 5.96. The van der Waals surface area contributed by atoms with Crippen molar-refractivity contribution in [2.24, 2.45) is 23.2 Å². The van der Waals surface area contributed by atoms with Gasteiger partial charge in [-0.2, -0.15) is 0 Å². The second kappa shape index (κ2) is 8.76. The van der Waals surface area contributed by atoms with Crippen molar-refractivity contribution in [1.82, 2.24) is 0 Å². The van der Waals surface area contributed by atoms with Crippen LogP contribution >= 0.6 is 0 Å². The fraction of sp³-hybridized carbons (Fsp3) is 0.375. The molecule has 37 heavy (non-hydrogen) atoms. The van der Waals surface area contributed by atoms with Gasteiger partial charge >= 0.3 is 0 Å². The van der Waals surface area contributed by atoms with Crippen LogP contribution in [-0.4, -0.2) is 11.8 Å². The number of para-hydroxylation sites is 2. The molecule has 0 unspecified atom stereocenters. The Bertz CT molecular complexity index is 1280. The van der Waals surface area contributed by atoms with Crippen LogP contribution in [0.15, 0.2) is 72.8 Å². The summed E-state index contributed by atoms with van der Waals surface area (Å²) in [7, 11) is 0. The second-order valence-corrected chi connectivity index (χ2v) is 11.7. The number of hydrogen-bond acceptors (Lipinski definition) is 3. The minimum absolute atomic E-state index is 0.0538. The standard InChI is InChI=1S/C32H32N2O3/c35-30(16-27-25-5-1-3-7-28(25)37-29-8-4-2-6-26(27)29)33-23-9-11-24(12-10-23)34-31(36)32-17-20-13-21(18-32)15-22(14-20)19-32/h1-12,20-22,27H,13-19H2,(H,33,35)(H,34,36). The average Bonchev–Trinajstić information content (AvgIpc) is 2.89. The lowest BCUT2D eigenvalue weighted by Crippen LogP contribution is -2.51. The van der Waals surface area contributed by atoms with Crippen LogP contribution in [0, 0.1) is 23.2 Å². The highest BCUT2D eigenvalue weighted by atomic mass is 16.5. The Labute approximate surface area is 217 Å². The van der Waals surface area contributed by atoms with E-state index in [9.17, 15) is 9.59 Å². The van der Waals surface area contributed by atoms with Crippen LogP contribution in [0.1, 0.15) is 62.0 Å². The van der Waals surface area contributed by atoms with E-state index in [0.717, 1.165) is 71.0 Å². The number of nitrogens with one attached hydrogen (secondary N) is 2. The van der Waals surface area contributed by atoms with E-state index in [0.29, 0.717) is 6.42 Å². The summed E-state index contributed by atoms with van der Waals surface area (Å²) >= 11 is 0. The molecule has 5 heteroatoms. The first-order chi connectivity index (χ1) is 18.0. The first kappa shape index (κ1) is 22.6. The quantitative estimate of drug-likeness (QED) is 0.399. The van der Waals surface area contributed by atoms with Crippen LogP contribution in [0.25, 0.3) is 0 Å². The van der Waals surface area contributed by atoms with Crippen LogP contribution in [0.3, 0.4) is 0 Å². The van der Waals surface area contributed by atoms with E-state index in [1.165, 1.54) is 19.3 Å². The summed E-state index contributed by atoms with van der Waals surface area (Å²) in [4.78, 5) is 26.5. The third kappa shape index (κ3) is 4.11. The molecular weight excluding hydrogens is 460 g/mol. The molecule has 8 rings (SSSR count). The Kier molecular flexibility index (Phi) is 5.35. The molecule has 0 spiro atoms. The van der Waals surface area contributed by atoms with Gasteiger partial charge < -0.3 is 15.4 Å². The molecule has 2 amide bonds. The van der Waals surface area contributed by atoms with Gasteiger partial charge in [-0.25, -0.2) is 0 Å². The van der Waals surface area contributed by atoms with E-state index in [4.69, 9.17) is 4.74 Å². The molecule has 0 radical (unpaired) electrons. The van der Waals surface area contributed by atoms with E-state index in [2.05, 4.69) is 10.6 Å². The van der Waals surface area contributed by atoms with Crippen LogP contribution in [-0.2, 0) is 9.59 Å². The number of hydrogen-bond donors (Lipinski definition) is 2. The molecule has 0 atom stereocenters. The zero-order valence-corrected chi connectivity index (χ0v) is 20.9. The van der Waals surface area contributed by atoms with Crippen LogP contribution < -0.4 is 15.4 Å². The number of amides is 2. The lowest BCUT2D eigenvalue weighted by molar-refractivity contribution is -0.140. The Morgan fingerprint density at radius 2 is 1.19 bits per heavy atom. The van der Waals surface area contributed by atoms with Crippen LogP contribution in [0.5, 0.6) is 11.5 Å². The number of rotatable bonds is 5. The summed E-state index contributed by atoms with van der Waals surface area (Å²) in [5.41, 5.74) is 3.41. The van der Waals surface area contributed by atoms with E-state index in [1.54, 1.807) is 0 Å². The Hall–Kier alpha value is -3.60. The summed E-state index contributed by atoms with van der Waals surface area (Å²) in [6.45, 7) is 0. The molecule has 4 aliphatic carbocycles. The maximum absolute atomic E-state index is 13.4. The molecule has 3 aromatic carbocycles. The van der Waals surface area contributed by atoms with Crippen LogP contribution in [0.2, 0.25) is 0 Å². The molecule has 4 fully saturated rings. The van der Waals surface area contributed by atoms with Crippen molar-refractivity contribution < 1.29 is 14.3 Å². The lowest BCUT2D eigenvalue weighted by Gasteiger charge is -2.55. The molecule has 3 aromatic rings. The Morgan fingerprint density at radius 3 is 1.73 bits per heavy atom. The SMILES string of the molecule is O=C(CC1c2ccccc2Oc2ccccc21)Nc1ccc(NC(=O)C23CC4CC(CC(C4)C2)C3)cc1. The molecule has 0 aromatic heterocycles. The predicted octanol–water partition coefficient (Wildman–Crippen LogP) is 7.11. The minimum Gasteiger partial charge on any atom is -0.457 e. The first-order valence-electron chi connectivity index (χ1n) is 13.6. The van der Waals surface area contributed by atoms with Gasteiger partial charge in [0.05, 0.1) is 5.41 Å². The predicted molar refractivity (Wildman–Crippen MR) is 144 cm³/mol. The van der Waals surface area contributed by atoms with Crippen molar-refractivity contribution in [3.63, 3.8) is 0 Å². The average molecular weight is 493 g/mol. The van der Waals surface area contributed by atoms with Crippen molar-refractivity contribution in [2.75, 3.05) is 10.6 Å². The van der Waals surface area contributed by atoms with Gasteiger partial charge in [0.25, 0.3) is 0 Å². The van der Waals surface area contributed by atoms with E-state index >= 15 is 0 Å². The molecule has 5 nitrogen and oxygen atoms in total. The Balaban J connectivity index is 1.02. The second-order valence-electron chi connectivity index (χ2n) is 11.7. The van der Waals surface area contributed by atoms with Crippen LogP contribution in [0.4, 0.5) is 11.4 Å². The van der Waals surface area contributed by atoms with Gasteiger partial charge in [-0.3, -0.25) is 9.59 Å². The molecule has 4 bridgehead atoms. The van der Waals surface area contributed by atoms with Gasteiger partial charge in [0.15, 0.2) is 0 Å². The van der Waals surface area contributed by atoms with E-state index in [-0.39, 0.29) is 23.1 Å². The molecule has 4 saturated carbocycles. The third-order valence-electron chi connectivity index (χ3n) is 9.14. The summed E-state index contributed by atoms with van der Waals surface area (Å²) < 4.78 is 6.06. The third-order valence-corrected chi connectivity index (χ3v) is 9.14. The van der Waals surface area contributed by atoms with Gasteiger partial charge in [0.1, 0.15) is 11.5 Å². The van der Waals surface area contributed by atoms with Crippen molar-refractivity contribution in [3.8, 4) is 11.5 Å². The topological polar surface area (TPSA) is 67.4 Å². The van der Waals surface area contributed by atoms with Gasteiger partial charge in [-0.05, 0) is 92.7 Å². The largest absolute Gasteiger partial charge is 0.457 e. The maximum Gasteiger partial charge on any atom is 0.230 e. The van der Waals surface area contributed by atoms with Gasteiger partial charge in [0, 0.05) is 34.8 Å². The zero-order valence-electron chi connectivity index (χ0n) is 20.9. The highest BCUT2D eigenvalue weighted by Gasteiger charge is 2.54. The first-order valence-corrected chi connectivity index (χ1v) is 13.6.